The lowest BCUT2D eigenvalue weighted by atomic mass is 10.2. The van der Waals surface area contributed by atoms with E-state index in [-0.39, 0.29) is 12.5 Å². The van der Waals surface area contributed by atoms with Crippen molar-refractivity contribution in [3.63, 3.8) is 0 Å². The number of ether oxygens (including phenoxy) is 2. The molecule has 0 atom stereocenters. The molecule has 0 aromatic heterocycles. The molecule has 0 saturated carbocycles. The van der Waals surface area contributed by atoms with E-state index >= 15 is 0 Å². The smallest absolute Gasteiger partial charge is 0.257 e. The minimum atomic E-state index is -0.247. The van der Waals surface area contributed by atoms with E-state index in [0.29, 0.717) is 35.8 Å². The van der Waals surface area contributed by atoms with Crippen molar-refractivity contribution >= 4 is 23.8 Å². The van der Waals surface area contributed by atoms with Crippen LogP contribution in [0.25, 0.3) is 0 Å². The van der Waals surface area contributed by atoms with Crippen LogP contribution in [-0.2, 0) is 9.53 Å². The first-order valence-electron chi connectivity index (χ1n) is 5.80. The summed E-state index contributed by atoms with van der Waals surface area (Å²) in [4.78, 5) is 22.3. The van der Waals surface area contributed by atoms with Crippen molar-refractivity contribution in [2.45, 2.75) is 6.42 Å². The van der Waals surface area contributed by atoms with Crippen LogP contribution < -0.4 is 10.1 Å². The predicted octanol–water partition coefficient (Wildman–Crippen LogP) is 1.68. The lowest BCUT2D eigenvalue weighted by Crippen LogP contribution is -2.30. The quantitative estimate of drug-likeness (QED) is 0.583. The molecule has 0 radical (unpaired) electrons. The fourth-order valence-electron chi connectivity index (χ4n) is 1.38. The second-order valence-corrected chi connectivity index (χ2v) is 4.22. The minimum absolute atomic E-state index is 0.143. The highest BCUT2D eigenvalue weighted by Crippen LogP contribution is 2.21. The molecule has 0 bridgehead atoms. The zero-order valence-electron chi connectivity index (χ0n) is 10.6. The average molecular weight is 286 g/mol. The molecule has 1 N–H and O–H groups in total. The Kier molecular flexibility index (Phi) is 6.92. The van der Waals surface area contributed by atoms with E-state index in [1.165, 1.54) is 6.07 Å². The first-order valence-corrected chi connectivity index (χ1v) is 6.18. The molecule has 0 saturated heterocycles. The van der Waals surface area contributed by atoms with Crippen LogP contribution in [0.1, 0.15) is 16.8 Å². The van der Waals surface area contributed by atoms with E-state index in [2.05, 4.69) is 5.32 Å². The maximum atomic E-state index is 11.5. The van der Waals surface area contributed by atoms with Crippen LogP contribution in [0.5, 0.6) is 5.75 Å². The molecule has 1 aromatic rings. The molecule has 6 heteroatoms. The van der Waals surface area contributed by atoms with Crippen LogP contribution in [0.15, 0.2) is 18.2 Å². The summed E-state index contributed by atoms with van der Waals surface area (Å²) in [5.41, 5.74) is 0.319. The molecule has 0 heterocycles. The van der Waals surface area contributed by atoms with Crippen molar-refractivity contribution < 1.29 is 19.1 Å². The zero-order valence-corrected chi connectivity index (χ0v) is 11.4. The van der Waals surface area contributed by atoms with E-state index in [1.54, 1.807) is 19.2 Å². The number of halogens is 1. The minimum Gasteiger partial charge on any atom is -0.483 e. The molecule has 0 aliphatic heterocycles. The van der Waals surface area contributed by atoms with Crippen LogP contribution in [-0.4, -0.2) is 39.1 Å². The number of rotatable bonds is 8. The Bertz CT molecular complexity index is 437. The van der Waals surface area contributed by atoms with E-state index < -0.39 is 0 Å². The Balaban J connectivity index is 2.39. The molecule has 104 valence electrons. The van der Waals surface area contributed by atoms with Crippen molar-refractivity contribution in [3.8, 4) is 5.75 Å². The normalized spacial score (nSPS) is 10.0. The fourth-order valence-corrected chi connectivity index (χ4v) is 1.56. The van der Waals surface area contributed by atoms with Gasteiger partial charge in [0.1, 0.15) is 5.75 Å². The fraction of sp³-hybridized carbons (Fsp3) is 0.385. The number of benzene rings is 1. The van der Waals surface area contributed by atoms with Gasteiger partial charge in [-0.25, -0.2) is 0 Å². The van der Waals surface area contributed by atoms with Gasteiger partial charge < -0.3 is 14.8 Å². The largest absolute Gasteiger partial charge is 0.483 e. The maximum absolute atomic E-state index is 11.5. The number of hydrogen-bond donors (Lipinski definition) is 1. The SMILES string of the molecule is COCCCNC(=O)COc1ccc(Cl)cc1C=O. The molecule has 0 fully saturated rings. The predicted molar refractivity (Wildman–Crippen MR) is 71.8 cm³/mol. The third-order valence-electron chi connectivity index (χ3n) is 2.30. The number of amides is 1. The second-order valence-electron chi connectivity index (χ2n) is 3.78. The number of carbonyl (C=O) groups excluding carboxylic acids is 2. The van der Waals surface area contributed by atoms with E-state index in [1.807, 2.05) is 0 Å². The van der Waals surface area contributed by atoms with Gasteiger partial charge >= 0.3 is 0 Å². The Morgan fingerprint density at radius 3 is 2.95 bits per heavy atom. The molecule has 0 aliphatic rings. The Morgan fingerprint density at radius 1 is 1.47 bits per heavy atom. The standard InChI is InChI=1S/C13H16ClNO4/c1-18-6-2-5-15-13(17)9-19-12-4-3-11(14)7-10(12)8-16/h3-4,7-8H,2,5-6,9H2,1H3,(H,15,17). The number of methoxy groups -OCH3 is 1. The third-order valence-corrected chi connectivity index (χ3v) is 2.54. The van der Waals surface area contributed by atoms with Gasteiger partial charge in [-0.2, -0.15) is 0 Å². The summed E-state index contributed by atoms with van der Waals surface area (Å²) in [6.45, 7) is 0.972. The Hall–Kier alpha value is -1.59. The molecule has 1 rings (SSSR count). The number of aldehydes is 1. The summed E-state index contributed by atoms with van der Waals surface area (Å²) in [5.74, 6) is 0.0920. The lowest BCUT2D eigenvalue weighted by Gasteiger charge is -2.09. The molecule has 19 heavy (non-hydrogen) atoms. The van der Waals surface area contributed by atoms with Crippen molar-refractivity contribution in [2.24, 2.45) is 0 Å². The molecule has 1 aromatic carbocycles. The summed E-state index contributed by atoms with van der Waals surface area (Å²) in [5, 5.41) is 3.12. The molecule has 0 aliphatic carbocycles. The highest BCUT2D eigenvalue weighted by Gasteiger charge is 2.06. The van der Waals surface area contributed by atoms with Crippen LogP contribution in [0.4, 0.5) is 0 Å². The molecule has 1 amide bonds. The summed E-state index contributed by atoms with van der Waals surface area (Å²) in [6, 6.07) is 4.64. The molecule has 0 spiro atoms. The van der Waals surface area contributed by atoms with Gasteiger partial charge in [0.25, 0.3) is 5.91 Å². The molecule has 0 unspecified atom stereocenters. The van der Waals surface area contributed by atoms with Crippen molar-refractivity contribution in [1.29, 1.82) is 0 Å². The van der Waals surface area contributed by atoms with Crippen molar-refractivity contribution in [3.05, 3.63) is 28.8 Å². The number of carbonyl (C=O) groups is 2. The van der Waals surface area contributed by atoms with Gasteiger partial charge in [0.2, 0.25) is 0 Å². The number of hydrogen-bond acceptors (Lipinski definition) is 4. The summed E-state index contributed by atoms with van der Waals surface area (Å²) < 4.78 is 10.1. The van der Waals surface area contributed by atoms with E-state index in [9.17, 15) is 9.59 Å². The van der Waals surface area contributed by atoms with E-state index in [4.69, 9.17) is 21.1 Å². The van der Waals surface area contributed by atoms with Gasteiger partial charge in [0.05, 0.1) is 5.56 Å². The summed E-state index contributed by atoms with van der Waals surface area (Å²) >= 11 is 5.75. The molecular weight excluding hydrogens is 270 g/mol. The van der Waals surface area contributed by atoms with Gasteiger partial charge in [0, 0.05) is 25.3 Å². The number of nitrogens with one attached hydrogen (secondary N) is 1. The van der Waals surface area contributed by atoms with Crippen LogP contribution in [0.2, 0.25) is 5.02 Å². The second kappa shape index (κ2) is 8.50. The van der Waals surface area contributed by atoms with Crippen LogP contribution >= 0.6 is 11.6 Å². The van der Waals surface area contributed by atoms with Gasteiger partial charge in [-0.1, -0.05) is 11.6 Å². The Morgan fingerprint density at radius 2 is 2.26 bits per heavy atom. The van der Waals surface area contributed by atoms with Crippen molar-refractivity contribution in [2.75, 3.05) is 26.9 Å². The lowest BCUT2D eigenvalue weighted by molar-refractivity contribution is -0.123. The average Bonchev–Trinajstić information content (AvgIpc) is 2.42. The highest BCUT2D eigenvalue weighted by molar-refractivity contribution is 6.30. The monoisotopic (exact) mass is 285 g/mol. The maximum Gasteiger partial charge on any atom is 0.257 e. The third kappa shape index (κ3) is 5.72. The zero-order chi connectivity index (χ0) is 14.1. The summed E-state index contributed by atoms with van der Waals surface area (Å²) in [7, 11) is 1.60. The van der Waals surface area contributed by atoms with Gasteiger partial charge in [0.15, 0.2) is 12.9 Å². The Labute approximate surface area is 116 Å². The van der Waals surface area contributed by atoms with Gasteiger partial charge in [-0.3, -0.25) is 9.59 Å². The van der Waals surface area contributed by atoms with Gasteiger partial charge in [-0.15, -0.1) is 0 Å². The van der Waals surface area contributed by atoms with Crippen LogP contribution in [0.3, 0.4) is 0 Å². The highest BCUT2D eigenvalue weighted by atomic mass is 35.5. The van der Waals surface area contributed by atoms with E-state index in [0.717, 1.165) is 6.42 Å². The topological polar surface area (TPSA) is 64.6 Å². The first-order chi connectivity index (χ1) is 9.17. The van der Waals surface area contributed by atoms with Gasteiger partial charge in [-0.05, 0) is 24.6 Å². The van der Waals surface area contributed by atoms with Crippen LogP contribution in [0, 0.1) is 0 Å². The summed E-state index contributed by atoms with van der Waals surface area (Å²) in [6.07, 6.45) is 1.38. The van der Waals surface area contributed by atoms with Crippen molar-refractivity contribution in [1.82, 2.24) is 5.32 Å². The molecular formula is C13H16ClNO4. The first kappa shape index (κ1) is 15.5. The molecule has 5 nitrogen and oxygen atoms in total.